The van der Waals surface area contributed by atoms with Gasteiger partial charge >= 0.3 is 0 Å². The lowest BCUT2D eigenvalue weighted by atomic mass is 10.1. The summed E-state index contributed by atoms with van der Waals surface area (Å²) in [5.74, 6) is 1.86. The van der Waals surface area contributed by atoms with E-state index >= 15 is 0 Å². The van der Waals surface area contributed by atoms with Crippen molar-refractivity contribution < 1.29 is 4.74 Å². The van der Waals surface area contributed by atoms with Gasteiger partial charge in [0.25, 0.3) is 0 Å². The minimum Gasteiger partial charge on any atom is -0.439 e. The standard InChI is InChI=1S/C19H14N4O/c1-2-5-15(6-3-1)16-7-9-17(10-8-16)24-19-13-18(20-14-21-19)23-12-4-11-22-23/h1-14H. The molecule has 4 rings (SSSR count). The number of aromatic nitrogens is 4. The first-order chi connectivity index (χ1) is 11.9. The molecule has 116 valence electrons. The van der Waals surface area contributed by atoms with E-state index < -0.39 is 0 Å². The molecule has 0 amide bonds. The van der Waals surface area contributed by atoms with E-state index in [0.717, 1.165) is 11.3 Å². The minimum atomic E-state index is 0.475. The third kappa shape index (κ3) is 3.01. The monoisotopic (exact) mass is 314 g/mol. The average molecular weight is 314 g/mol. The molecule has 2 aromatic heterocycles. The molecule has 2 aromatic carbocycles. The van der Waals surface area contributed by atoms with E-state index in [4.69, 9.17) is 4.74 Å². The maximum atomic E-state index is 5.82. The van der Waals surface area contributed by atoms with E-state index in [1.54, 1.807) is 16.9 Å². The van der Waals surface area contributed by atoms with E-state index in [1.807, 2.05) is 54.7 Å². The number of nitrogens with zero attached hydrogens (tertiary/aromatic N) is 4. The van der Waals surface area contributed by atoms with Crippen molar-refractivity contribution in [2.45, 2.75) is 0 Å². The maximum Gasteiger partial charge on any atom is 0.224 e. The van der Waals surface area contributed by atoms with E-state index in [-0.39, 0.29) is 0 Å². The normalized spacial score (nSPS) is 10.5. The lowest BCUT2D eigenvalue weighted by Crippen LogP contribution is -1.99. The smallest absolute Gasteiger partial charge is 0.224 e. The summed E-state index contributed by atoms with van der Waals surface area (Å²) in [7, 11) is 0. The van der Waals surface area contributed by atoms with Gasteiger partial charge in [-0.05, 0) is 29.3 Å². The van der Waals surface area contributed by atoms with Crippen molar-refractivity contribution in [1.82, 2.24) is 19.7 Å². The van der Waals surface area contributed by atoms with Gasteiger partial charge in [-0.3, -0.25) is 0 Å². The first kappa shape index (κ1) is 14.1. The predicted molar refractivity (Wildman–Crippen MR) is 91.1 cm³/mol. The second kappa shape index (κ2) is 6.34. The van der Waals surface area contributed by atoms with Gasteiger partial charge in [-0.25, -0.2) is 14.6 Å². The highest BCUT2D eigenvalue weighted by molar-refractivity contribution is 5.64. The summed E-state index contributed by atoms with van der Waals surface area (Å²) in [5.41, 5.74) is 2.31. The third-order valence-electron chi connectivity index (χ3n) is 3.55. The Morgan fingerprint density at radius 3 is 2.33 bits per heavy atom. The molecular weight excluding hydrogens is 300 g/mol. The van der Waals surface area contributed by atoms with Crippen LogP contribution >= 0.6 is 0 Å². The summed E-state index contributed by atoms with van der Waals surface area (Å²) >= 11 is 0. The molecule has 0 N–H and O–H groups in total. The largest absolute Gasteiger partial charge is 0.439 e. The van der Waals surface area contributed by atoms with E-state index in [1.165, 1.54) is 11.9 Å². The van der Waals surface area contributed by atoms with E-state index in [9.17, 15) is 0 Å². The summed E-state index contributed by atoms with van der Waals surface area (Å²) in [6.07, 6.45) is 4.98. The Bertz CT molecular complexity index is 919. The van der Waals surface area contributed by atoms with Gasteiger partial charge in [0, 0.05) is 18.5 Å². The van der Waals surface area contributed by atoms with Crippen LogP contribution in [0.2, 0.25) is 0 Å². The molecule has 0 spiro atoms. The van der Waals surface area contributed by atoms with Gasteiger partial charge in [0.2, 0.25) is 5.88 Å². The van der Waals surface area contributed by atoms with Gasteiger partial charge < -0.3 is 4.74 Å². The summed E-state index contributed by atoms with van der Waals surface area (Å²) in [6, 6.07) is 21.7. The zero-order chi connectivity index (χ0) is 16.2. The van der Waals surface area contributed by atoms with Crippen molar-refractivity contribution in [2.24, 2.45) is 0 Å². The molecule has 0 saturated carbocycles. The van der Waals surface area contributed by atoms with E-state index in [0.29, 0.717) is 11.7 Å². The fourth-order valence-electron chi connectivity index (χ4n) is 2.38. The van der Waals surface area contributed by atoms with Crippen LogP contribution in [0.4, 0.5) is 0 Å². The Labute approximate surface area is 139 Å². The molecule has 0 saturated heterocycles. The Balaban J connectivity index is 1.55. The Kier molecular flexibility index (Phi) is 3.73. The summed E-state index contributed by atoms with van der Waals surface area (Å²) in [5, 5.41) is 4.15. The average Bonchev–Trinajstić information content (AvgIpc) is 3.18. The van der Waals surface area contributed by atoms with Crippen LogP contribution in [0, 0.1) is 0 Å². The van der Waals surface area contributed by atoms with Gasteiger partial charge in [-0.2, -0.15) is 5.10 Å². The SMILES string of the molecule is c1ccc(-c2ccc(Oc3cc(-n4cccn4)ncn3)cc2)cc1. The first-order valence-electron chi connectivity index (χ1n) is 7.54. The van der Waals surface area contributed by atoms with Crippen LogP contribution in [0.25, 0.3) is 16.9 Å². The lowest BCUT2D eigenvalue weighted by Gasteiger charge is -2.07. The highest BCUT2D eigenvalue weighted by atomic mass is 16.5. The van der Waals surface area contributed by atoms with Crippen molar-refractivity contribution in [3.63, 3.8) is 0 Å². The zero-order valence-corrected chi connectivity index (χ0v) is 12.8. The fraction of sp³-hybridized carbons (Fsp3) is 0. The molecule has 0 aliphatic heterocycles. The number of ether oxygens (including phenoxy) is 1. The molecule has 5 nitrogen and oxygen atoms in total. The highest BCUT2D eigenvalue weighted by Gasteiger charge is 2.04. The third-order valence-corrected chi connectivity index (χ3v) is 3.55. The molecule has 0 aliphatic carbocycles. The van der Waals surface area contributed by atoms with Gasteiger partial charge in [0.1, 0.15) is 12.1 Å². The molecule has 0 fully saturated rings. The molecule has 5 heteroatoms. The molecule has 24 heavy (non-hydrogen) atoms. The number of benzene rings is 2. The van der Waals surface area contributed by atoms with Crippen LogP contribution in [0.5, 0.6) is 11.6 Å². The van der Waals surface area contributed by atoms with Crippen LogP contribution in [0.3, 0.4) is 0 Å². The van der Waals surface area contributed by atoms with Crippen LogP contribution in [-0.2, 0) is 0 Å². The van der Waals surface area contributed by atoms with Gasteiger partial charge in [0.15, 0.2) is 5.82 Å². The van der Waals surface area contributed by atoms with Crippen molar-refractivity contribution in [1.29, 1.82) is 0 Å². The summed E-state index contributed by atoms with van der Waals surface area (Å²) < 4.78 is 7.48. The van der Waals surface area contributed by atoms with Crippen molar-refractivity contribution in [2.75, 3.05) is 0 Å². The van der Waals surface area contributed by atoms with Gasteiger partial charge in [-0.1, -0.05) is 42.5 Å². The molecule has 4 aromatic rings. The fourth-order valence-corrected chi connectivity index (χ4v) is 2.38. The zero-order valence-electron chi connectivity index (χ0n) is 12.8. The number of rotatable bonds is 4. The predicted octanol–water partition coefficient (Wildman–Crippen LogP) is 4.12. The van der Waals surface area contributed by atoms with Crippen molar-refractivity contribution in [3.8, 4) is 28.6 Å². The van der Waals surface area contributed by atoms with Crippen LogP contribution in [0.15, 0.2) is 85.5 Å². The minimum absolute atomic E-state index is 0.475. The van der Waals surface area contributed by atoms with Crippen LogP contribution in [0.1, 0.15) is 0 Å². The molecule has 0 atom stereocenters. The van der Waals surface area contributed by atoms with Crippen LogP contribution < -0.4 is 4.74 Å². The second-order valence-electron chi connectivity index (χ2n) is 5.16. The van der Waals surface area contributed by atoms with Gasteiger partial charge in [-0.15, -0.1) is 0 Å². The number of hydrogen-bond donors (Lipinski definition) is 0. The first-order valence-corrected chi connectivity index (χ1v) is 7.54. The molecular formula is C19H14N4O. The quantitative estimate of drug-likeness (QED) is 0.568. The summed E-state index contributed by atoms with van der Waals surface area (Å²) in [4.78, 5) is 8.34. The second-order valence-corrected chi connectivity index (χ2v) is 5.16. The molecule has 0 radical (unpaired) electrons. The lowest BCUT2D eigenvalue weighted by molar-refractivity contribution is 0.460. The molecule has 0 bridgehead atoms. The Morgan fingerprint density at radius 2 is 1.58 bits per heavy atom. The Morgan fingerprint density at radius 1 is 0.792 bits per heavy atom. The molecule has 0 unspecified atom stereocenters. The van der Waals surface area contributed by atoms with Gasteiger partial charge in [0.05, 0.1) is 0 Å². The van der Waals surface area contributed by atoms with E-state index in [2.05, 4.69) is 27.2 Å². The van der Waals surface area contributed by atoms with Crippen molar-refractivity contribution >= 4 is 0 Å². The Hall–Kier alpha value is -3.47. The maximum absolute atomic E-state index is 5.82. The molecule has 2 heterocycles. The highest BCUT2D eigenvalue weighted by Crippen LogP contribution is 2.25. The van der Waals surface area contributed by atoms with Crippen LogP contribution in [-0.4, -0.2) is 19.7 Å². The van der Waals surface area contributed by atoms with Crippen molar-refractivity contribution in [3.05, 3.63) is 85.5 Å². The number of hydrogen-bond acceptors (Lipinski definition) is 4. The topological polar surface area (TPSA) is 52.8 Å². The molecule has 0 aliphatic rings. The summed E-state index contributed by atoms with van der Waals surface area (Å²) in [6.45, 7) is 0.